The van der Waals surface area contributed by atoms with E-state index in [0.717, 1.165) is 11.1 Å². The predicted octanol–water partition coefficient (Wildman–Crippen LogP) is 3.27. The molecule has 0 fully saturated rings. The van der Waals surface area contributed by atoms with Crippen LogP contribution in [0.3, 0.4) is 0 Å². The summed E-state index contributed by atoms with van der Waals surface area (Å²) >= 11 is 0. The van der Waals surface area contributed by atoms with Gasteiger partial charge in [-0.3, -0.25) is 4.79 Å². The summed E-state index contributed by atoms with van der Waals surface area (Å²) in [6.45, 7) is 9.42. The topological polar surface area (TPSA) is 68.0 Å². The number of hydrogen-bond acceptors (Lipinski definition) is 4. The van der Waals surface area contributed by atoms with Crippen LogP contribution in [-0.2, 0) is 4.79 Å². The van der Waals surface area contributed by atoms with Gasteiger partial charge in [0.05, 0.1) is 0 Å². The fraction of sp³-hybridized carbons (Fsp3) is 0.438. The Bertz CT molecular complexity index is 641. The molecule has 5 heteroatoms. The molecule has 0 aliphatic carbocycles. The van der Waals surface area contributed by atoms with E-state index in [4.69, 9.17) is 4.52 Å². The second-order valence-electron chi connectivity index (χ2n) is 6.22. The summed E-state index contributed by atoms with van der Waals surface area (Å²) in [6.07, 6.45) is 0. The van der Waals surface area contributed by atoms with Gasteiger partial charge in [0.2, 0.25) is 17.6 Å². The molecule has 1 unspecified atom stereocenters. The Morgan fingerprint density at radius 1 is 1.29 bits per heavy atom. The molecule has 0 saturated carbocycles. The summed E-state index contributed by atoms with van der Waals surface area (Å²) < 4.78 is 5.27. The number of amides is 1. The Hall–Kier alpha value is -2.17. The van der Waals surface area contributed by atoms with E-state index >= 15 is 0 Å². The first-order chi connectivity index (χ1) is 9.79. The molecule has 5 nitrogen and oxygen atoms in total. The second-order valence-corrected chi connectivity index (χ2v) is 6.22. The van der Waals surface area contributed by atoms with E-state index in [1.165, 1.54) is 0 Å². The van der Waals surface area contributed by atoms with Crippen LogP contribution in [0.5, 0.6) is 0 Å². The normalized spacial score (nSPS) is 13.0. The van der Waals surface area contributed by atoms with Crippen LogP contribution in [0, 0.1) is 12.3 Å². The molecule has 1 amide bonds. The molecule has 1 atom stereocenters. The van der Waals surface area contributed by atoms with Gasteiger partial charge in [-0.05, 0) is 19.4 Å². The molecule has 0 spiro atoms. The van der Waals surface area contributed by atoms with Crippen molar-refractivity contribution in [3.8, 4) is 11.4 Å². The van der Waals surface area contributed by atoms with Gasteiger partial charge in [-0.2, -0.15) is 4.98 Å². The molecule has 0 aliphatic rings. The highest BCUT2D eigenvalue weighted by molar-refractivity contribution is 5.81. The van der Waals surface area contributed by atoms with Crippen LogP contribution < -0.4 is 5.32 Å². The molecule has 0 saturated heterocycles. The summed E-state index contributed by atoms with van der Waals surface area (Å²) in [4.78, 5) is 16.4. The molecular weight excluding hydrogens is 266 g/mol. The Morgan fingerprint density at radius 3 is 2.57 bits per heavy atom. The number of hydrogen-bond donors (Lipinski definition) is 1. The minimum atomic E-state index is -0.451. The van der Waals surface area contributed by atoms with Crippen molar-refractivity contribution < 1.29 is 9.32 Å². The lowest BCUT2D eigenvalue weighted by atomic mass is 9.95. The van der Waals surface area contributed by atoms with E-state index in [2.05, 4.69) is 15.5 Å². The average molecular weight is 287 g/mol. The Labute approximate surface area is 124 Å². The number of aromatic nitrogens is 2. The van der Waals surface area contributed by atoms with Crippen molar-refractivity contribution in [2.75, 3.05) is 0 Å². The van der Waals surface area contributed by atoms with Gasteiger partial charge in [0.1, 0.15) is 6.04 Å². The summed E-state index contributed by atoms with van der Waals surface area (Å²) in [5, 5.41) is 6.88. The van der Waals surface area contributed by atoms with Crippen LogP contribution in [0.4, 0.5) is 0 Å². The number of carbonyl (C=O) groups excluding carboxylic acids is 1. The number of nitrogens with one attached hydrogen (secondary N) is 1. The zero-order valence-corrected chi connectivity index (χ0v) is 13.1. The van der Waals surface area contributed by atoms with E-state index in [9.17, 15) is 4.79 Å². The Balaban J connectivity index is 2.17. The summed E-state index contributed by atoms with van der Waals surface area (Å²) in [5.41, 5.74) is 1.56. The molecule has 1 aromatic heterocycles. The van der Waals surface area contributed by atoms with Crippen LogP contribution in [0.1, 0.15) is 45.2 Å². The van der Waals surface area contributed by atoms with Gasteiger partial charge in [-0.1, -0.05) is 50.2 Å². The van der Waals surface area contributed by atoms with Crippen molar-refractivity contribution in [1.82, 2.24) is 15.5 Å². The highest BCUT2D eigenvalue weighted by Gasteiger charge is 2.25. The van der Waals surface area contributed by atoms with Crippen molar-refractivity contribution in [1.29, 1.82) is 0 Å². The van der Waals surface area contributed by atoms with E-state index in [1.807, 2.05) is 58.9 Å². The number of rotatable bonds is 3. The van der Waals surface area contributed by atoms with Gasteiger partial charge in [-0.25, -0.2) is 0 Å². The SMILES string of the molecule is Cc1ccccc1-c1noc(C(C)NC(=O)C(C)(C)C)n1. The summed E-state index contributed by atoms with van der Waals surface area (Å²) in [7, 11) is 0. The second kappa shape index (κ2) is 5.68. The molecule has 2 rings (SSSR count). The van der Waals surface area contributed by atoms with Gasteiger partial charge in [0.15, 0.2) is 0 Å². The third kappa shape index (κ3) is 3.48. The fourth-order valence-electron chi connectivity index (χ4n) is 1.82. The van der Waals surface area contributed by atoms with E-state index in [1.54, 1.807) is 0 Å². The molecule has 112 valence electrons. The van der Waals surface area contributed by atoms with Crippen LogP contribution in [-0.4, -0.2) is 16.0 Å². The highest BCUT2D eigenvalue weighted by atomic mass is 16.5. The first-order valence-corrected chi connectivity index (χ1v) is 6.99. The van der Waals surface area contributed by atoms with Gasteiger partial charge < -0.3 is 9.84 Å². The minimum absolute atomic E-state index is 0.0503. The largest absolute Gasteiger partial charge is 0.344 e. The maximum Gasteiger partial charge on any atom is 0.249 e. The quantitative estimate of drug-likeness (QED) is 0.940. The van der Waals surface area contributed by atoms with Gasteiger partial charge in [0.25, 0.3) is 0 Å². The van der Waals surface area contributed by atoms with Gasteiger partial charge >= 0.3 is 0 Å². The smallest absolute Gasteiger partial charge is 0.249 e. The molecule has 2 aromatic rings. The van der Waals surface area contributed by atoms with Crippen molar-refractivity contribution in [3.63, 3.8) is 0 Å². The Morgan fingerprint density at radius 2 is 1.95 bits per heavy atom. The van der Waals surface area contributed by atoms with Crippen molar-refractivity contribution >= 4 is 5.91 Å². The van der Waals surface area contributed by atoms with Crippen LogP contribution in [0.2, 0.25) is 0 Å². The summed E-state index contributed by atoms with van der Waals surface area (Å²) in [5.74, 6) is 0.899. The van der Waals surface area contributed by atoms with Gasteiger partial charge in [0, 0.05) is 11.0 Å². The third-order valence-electron chi connectivity index (χ3n) is 3.23. The predicted molar refractivity (Wildman–Crippen MR) is 80.5 cm³/mol. The molecule has 0 radical (unpaired) electrons. The molecule has 21 heavy (non-hydrogen) atoms. The maximum absolute atomic E-state index is 12.0. The molecule has 1 heterocycles. The van der Waals surface area contributed by atoms with E-state index in [-0.39, 0.29) is 11.9 Å². The Kier molecular flexibility index (Phi) is 4.11. The average Bonchev–Trinajstić information content (AvgIpc) is 2.87. The van der Waals surface area contributed by atoms with Crippen molar-refractivity contribution in [2.45, 2.75) is 40.7 Å². The number of benzene rings is 1. The van der Waals surface area contributed by atoms with Crippen molar-refractivity contribution in [2.24, 2.45) is 5.41 Å². The lowest BCUT2D eigenvalue weighted by molar-refractivity contribution is -0.129. The summed E-state index contributed by atoms with van der Waals surface area (Å²) in [6, 6.07) is 7.52. The number of nitrogens with zero attached hydrogens (tertiary/aromatic N) is 2. The zero-order chi connectivity index (χ0) is 15.6. The maximum atomic E-state index is 12.0. The first kappa shape index (κ1) is 15.2. The first-order valence-electron chi connectivity index (χ1n) is 6.99. The van der Waals surface area contributed by atoms with Gasteiger partial charge in [-0.15, -0.1) is 0 Å². The lowest BCUT2D eigenvalue weighted by Crippen LogP contribution is -2.36. The van der Waals surface area contributed by atoms with E-state index < -0.39 is 5.41 Å². The fourth-order valence-corrected chi connectivity index (χ4v) is 1.82. The highest BCUT2D eigenvalue weighted by Crippen LogP contribution is 2.22. The minimum Gasteiger partial charge on any atom is -0.344 e. The molecule has 0 bridgehead atoms. The standard InChI is InChI=1S/C16H21N3O2/c1-10-8-6-7-9-12(10)13-18-14(21-19-13)11(2)17-15(20)16(3,4)5/h6-9,11H,1-5H3,(H,17,20). The third-order valence-corrected chi connectivity index (χ3v) is 3.23. The zero-order valence-electron chi connectivity index (χ0n) is 13.1. The van der Waals surface area contributed by atoms with Crippen molar-refractivity contribution in [3.05, 3.63) is 35.7 Å². The lowest BCUT2D eigenvalue weighted by Gasteiger charge is -2.19. The molecule has 0 aliphatic heterocycles. The van der Waals surface area contributed by atoms with Crippen LogP contribution in [0.25, 0.3) is 11.4 Å². The number of carbonyl (C=O) groups is 1. The monoisotopic (exact) mass is 287 g/mol. The van der Waals surface area contributed by atoms with E-state index in [0.29, 0.717) is 11.7 Å². The molecule has 1 aromatic carbocycles. The number of aryl methyl sites for hydroxylation is 1. The van der Waals surface area contributed by atoms with Crippen LogP contribution >= 0.6 is 0 Å². The molecule has 1 N–H and O–H groups in total. The molecular formula is C16H21N3O2. The van der Waals surface area contributed by atoms with Crippen LogP contribution in [0.15, 0.2) is 28.8 Å².